The number of carbonyl (C=O) groups excluding carboxylic acids is 1. The van der Waals surface area contributed by atoms with Crippen molar-refractivity contribution in [2.24, 2.45) is 0 Å². The van der Waals surface area contributed by atoms with Crippen molar-refractivity contribution in [3.05, 3.63) is 86.4 Å². The first kappa shape index (κ1) is 22.4. The molecule has 0 saturated heterocycles. The number of rotatable bonds is 4. The van der Waals surface area contributed by atoms with Gasteiger partial charge in [0.2, 0.25) is 5.89 Å². The molecule has 4 rings (SSSR count). The van der Waals surface area contributed by atoms with Crippen LogP contribution in [0.1, 0.15) is 21.5 Å². The number of fused-ring (bicyclic) bond motifs is 1. The van der Waals surface area contributed by atoms with E-state index >= 15 is 0 Å². The van der Waals surface area contributed by atoms with Crippen LogP contribution in [0.4, 0.5) is 11.4 Å². The van der Waals surface area contributed by atoms with Gasteiger partial charge in [-0.05, 0) is 73.6 Å². The Morgan fingerprint density at radius 2 is 1.88 bits per heavy atom. The fourth-order valence-electron chi connectivity index (χ4n) is 3.14. The second-order valence-corrected chi connectivity index (χ2v) is 8.15. The maximum Gasteiger partial charge on any atom is 0.270 e. The summed E-state index contributed by atoms with van der Waals surface area (Å²) in [6.07, 6.45) is 0. The van der Waals surface area contributed by atoms with Crippen molar-refractivity contribution in [1.82, 2.24) is 10.3 Å². The van der Waals surface area contributed by atoms with Gasteiger partial charge in [0.1, 0.15) is 5.52 Å². The number of aryl methyl sites for hydroxylation is 2. The number of benzene rings is 3. The predicted octanol–water partition coefficient (Wildman–Crippen LogP) is 5.80. The molecular formula is C23H17ClN4O4S. The summed E-state index contributed by atoms with van der Waals surface area (Å²) >= 11 is 11.2. The van der Waals surface area contributed by atoms with Gasteiger partial charge >= 0.3 is 0 Å². The van der Waals surface area contributed by atoms with Gasteiger partial charge in [-0.3, -0.25) is 20.2 Å². The number of nitro benzene ring substituents is 1. The maximum absolute atomic E-state index is 12.5. The van der Waals surface area contributed by atoms with Gasteiger partial charge in [0.05, 0.1) is 15.5 Å². The van der Waals surface area contributed by atoms with Crippen molar-refractivity contribution in [3.8, 4) is 11.5 Å². The fourth-order valence-corrected chi connectivity index (χ4v) is 3.61. The first-order chi connectivity index (χ1) is 15.7. The third-order valence-corrected chi connectivity index (χ3v) is 5.55. The van der Waals surface area contributed by atoms with Crippen LogP contribution in [0.2, 0.25) is 5.02 Å². The number of nitrogens with zero attached hydrogens (tertiary/aromatic N) is 2. The van der Waals surface area contributed by atoms with Gasteiger partial charge in [-0.2, -0.15) is 0 Å². The molecule has 0 spiro atoms. The molecule has 0 fully saturated rings. The summed E-state index contributed by atoms with van der Waals surface area (Å²) in [5.74, 6) is -0.0825. The number of nitro groups is 1. The minimum atomic E-state index is -0.592. The molecule has 0 aliphatic rings. The van der Waals surface area contributed by atoms with E-state index in [1.165, 1.54) is 17.7 Å². The number of anilines is 1. The zero-order chi connectivity index (χ0) is 23.7. The lowest BCUT2D eigenvalue weighted by Crippen LogP contribution is -2.34. The van der Waals surface area contributed by atoms with Crippen LogP contribution in [0.3, 0.4) is 0 Å². The van der Waals surface area contributed by atoms with Crippen molar-refractivity contribution < 1.29 is 14.1 Å². The van der Waals surface area contributed by atoms with Crippen molar-refractivity contribution >= 4 is 57.3 Å². The van der Waals surface area contributed by atoms with Crippen LogP contribution in [0.25, 0.3) is 22.6 Å². The summed E-state index contributed by atoms with van der Waals surface area (Å²) in [7, 11) is 0. The van der Waals surface area contributed by atoms with Crippen LogP contribution in [0.15, 0.2) is 59.0 Å². The lowest BCUT2D eigenvalue weighted by molar-refractivity contribution is -0.384. The highest BCUT2D eigenvalue weighted by Crippen LogP contribution is 2.27. The number of halogens is 1. The molecule has 33 heavy (non-hydrogen) atoms. The Morgan fingerprint density at radius 3 is 2.58 bits per heavy atom. The SMILES string of the molecule is Cc1ccc(-c2nc3cc(NC(=S)NC(=O)c4ccc([N+](=O)[O-])cc4Cl)ccc3o2)cc1C. The minimum Gasteiger partial charge on any atom is -0.436 e. The molecule has 0 aliphatic carbocycles. The highest BCUT2D eigenvalue weighted by molar-refractivity contribution is 7.80. The van der Waals surface area contributed by atoms with Gasteiger partial charge in [-0.25, -0.2) is 4.98 Å². The van der Waals surface area contributed by atoms with Crippen molar-refractivity contribution in [1.29, 1.82) is 0 Å². The number of thiocarbonyl (C=S) groups is 1. The Bertz CT molecular complexity index is 1430. The molecule has 0 saturated carbocycles. The van der Waals surface area contributed by atoms with Crippen LogP contribution >= 0.6 is 23.8 Å². The summed E-state index contributed by atoms with van der Waals surface area (Å²) in [5, 5.41) is 16.2. The summed E-state index contributed by atoms with van der Waals surface area (Å²) in [5.41, 5.74) is 4.91. The molecule has 1 aromatic heterocycles. The molecule has 0 unspecified atom stereocenters. The van der Waals surface area contributed by atoms with Gasteiger partial charge in [-0.1, -0.05) is 17.7 Å². The van der Waals surface area contributed by atoms with Crippen molar-refractivity contribution in [2.45, 2.75) is 13.8 Å². The van der Waals surface area contributed by atoms with Gasteiger partial charge in [0.15, 0.2) is 10.7 Å². The van der Waals surface area contributed by atoms with E-state index in [-0.39, 0.29) is 21.4 Å². The third kappa shape index (κ3) is 4.84. The number of hydrogen-bond donors (Lipinski definition) is 2. The third-order valence-electron chi connectivity index (χ3n) is 5.03. The second-order valence-electron chi connectivity index (χ2n) is 7.33. The molecule has 3 aromatic carbocycles. The zero-order valence-electron chi connectivity index (χ0n) is 17.5. The number of oxazole rings is 1. The Labute approximate surface area is 198 Å². The number of aromatic nitrogens is 1. The molecule has 10 heteroatoms. The monoisotopic (exact) mass is 480 g/mol. The smallest absolute Gasteiger partial charge is 0.270 e. The van der Waals surface area contributed by atoms with Gasteiger partial charge in [0, 0.05) is 23.4 Å². The standard InChI is InChI=1S/C23H17ClN4O4S/c1-12-3-4-14(9-13(12)2)22-26-19-10-15(5-8-20(19)32-22)25-23(33)27-21(29)17-7-6-16(28(30)31)11-18(17)24/h3-11H,1-2H3,(H2,25,27,29,33). The summed E-state index contributed by atoms with van der Waals surface area (Å²) in [4.78, 5) is 27.2. The zero-order valence-corrected chi connectivity index (χ0v) is 19.1. The molecule has 0 bridgehead atoms. The van der Waals surface area contributed by atoms with E-state index < -0.39 is 10.8 Å². The van der Waals surface area contributed by atoms with Crippen LogP contribution in [-0.2, 0) is 0 Å². The van der Waals surface area contributed by atoms with Gasteiger partial charge in [0.25, 0.3) is 11.6 Å². The van der Waals surface area contributed by atoms with E-state index in [9.17, 15) is 14.9 Å². The summed E-state index contributed by atoms with van der Waals surface area (Å²) in [6, 6.07) is 14.8. The van der Waals surface area contributed by atoms with E-state index in [0.717, 1.165) is 17.2 Å². The Hall–Kier alpha value is -3.82. The van der Waals surface area contributed by atoms with E-state index in [2.05, 4.69) is 15.6 Å². The summed E-state index contributed by atoms with van der Waals surface area (Å²) in [6.45, 7) is 4.07. The highest BCUT2D eigenvalue weighted by Gasteiger charge is 2.16. The lowest BCUT2D eigenvalue weighted by atomic mass is 10.1. The van der Waals surface area contributed by atoms with Crippen LogP contribution in [0.5, 0.6) is 0 Å². The molecule has 1 amide bonds. The summed E-state index contributed by atoms with van der Waals surface area (Å²) < 4.78 is 5.87. The predicted molar refractivity (Wildman–Crippen MR) is 131 cm³/mol. The molecule has 4 aromatic rings. The van der Waals surface area contributed by atoms with Crippen LogP contribution in [-0.4, -0.2) is 20.9 Å². The molecule has 8 nitrogen and oxygen atoms in total. The minimum absolute atomic E-state index is 0.0339. The van der Waals surface area contributed by atoms with E-state index in [0.29, 0.717) is 22.7 Å². The average molecular weight is 481 g/mol. The average Bonchev–Trinajstić information content (AvgIpc) is 3.18. The number of amides is 1. The highest BCUT2D eigenvalue weighted by atomic mass is 35.5. The Balaban J connectivity index is 1.48. The fraction of sp³-hybridized carbons (Fsp3) is 0.0870. The molecule has 1 heterocycles. The quantitative estimate of drug-likeness (QED) is 0.216. The number of non-ortho nitro benzene ring substituents is 1. The molecule has 0 atom stereocenters. The topological polar surface area (TPSA) is 110 Å². The normalized spacial score (nSPS) is 10.8. The lowest BCUT2D eigenvalue weighted by Gasteiger charge is -2.10. The largest absolute Gasteiger partial charge is 0.436 e. The molecule has 0 radical (unpaired) electrons. The molecule has 0 aliphatic heterocycles. The number of carbonyl (C=O) groups is 1. The van der Waals surface area contributed by atoms with Gasteiger partial charge < -0.3 is 9.73 Å². The first-order valence-electron chi connectivity index (χ1n) is 9.76. The van der Waals surface area contributed by atoms with Crippen LogP contribution in [0, 0.1) is 24.0 Å². The van der Waals surface area contributed by atoms with Crippen molar-refractivity contribution in [3.63, 3.8) is 0 Å². The molecule has 166 valence electrons. The number of hydrogen-bond acceptors (Lipinski definition) is 6. The maximum atomic E-state index is 12.5. The second kappa shape index (κ2) is 8.97. The molecule has 2 N–H and O–H groups in total. The Kier molecular flexibility index (Phi) is 6.08. The van der Waals surface area contributed by atoms with E-state index in [1.54, 1.807) is 18.2 Å². The van der Waals surface area contributed by atoms with E-state index in [4.69, 9.17) is 28.2 Å². The number of nitrogens with one attached hydrogen (secondary N) is 2. The van der Waals surface area contributed by atoms with Gasteiger partial charge in [-0.15, -0.1) is 0 Å². The van der Waals surface area contributed by atoms with E-state index in [1.807, 2.05) is 32.0 Å². The first-order valence-corrected chi connectivity index (χ1v) is 10.5. The molecular weight excluding hydrogens is 464 g/mol. The van der Waals surface area contributed by atoms with Crippen LogP contribution < -0.4 is 10.6 Å². The van der Waals surface area contributed by atoms with Crippen molar-refractivity contribution in [2.75, 3.05) is 5.32 Å². The Morgan fingerprint density at radius 1 is 1.09 bits per heavy atom.